The van der Waals surface area contributed by atoms with E-state index in [0.29, 0.717) is 38.4 Å². The van der Waals surface area contributed by atoms with Crippen LogP contribution in [0.15, 0.2) is 0 Å². The molecule has 0 aromatic carbocycles. The van der Waals surface area contributed by atoms with Gasteiger partial charge in [0, 0.05) is 27.1 Å². The summed E-state index contributed by atoms with van der Waals surface area (Å²) in [5, 5.41) is 13.5. The highest BCUT2D eigenvalue weighted by Crippen LogP contribution is 2.10. The highest BCUT2D eigenvalue weighted by Gasteiger charge is 2.21. The van der Waals surface area contributed by atoms with E-state index in [9.17, 15) is 9.59 Å². The molecule has 1 unspecified atom stereocenters. The van der Waals surface area contributed by atoms with E-state index in [4.69, 9.17) is 10.1 Å². The van der Waals surface area contributed by atoms with Crippen LogP contribution in [-0.4, -0.2) is 56.0 Å². The van der Waals surface area contributed by atoms with Gasteiger partial charge in [0.15, 0.2) is 5.96 Å². The molecule has 0 saturated carbocycles. The van der Waals surface area contributed by atoms with Crippen LogP contribution < -0.4 is 10.6 Å². The van der Waals surface area contributed by atoms with Crippen molar-refractivity contribution in [3.63, 3.8) is 0 Å². The predicted octanol–water partition coefficient (Wildman–Crippen LogP) is 3.82. The molecule has 0 bridgehead atoms. The topological polar surface area (TPSA) is 94.5 Å². The van der Waals surface area contributed by atoms with Gasteiger partial charge in [-0.2, -0.15) is 0 Å². The summed E-state index contributed by atoms with van der Waals surface area (Å²) >= 11 is 0. The number of carbonyl (C=O) groups excluding carboxylic acids is 2. The molecule has 3 N–H and O–H groups in total. The van der Waals surface area contributed by atoms with Crippen LogP contribution in [0.1, 0.15) is 90.9 Å². The molecule has 0 aliphatic rings. The van der Waals surface area contributed by atoms with Crippen molar-refractivity contribution in [3.8, 4) is 0 Å². The van der Waals surface area contributed by atoms with Crippen molar-refractivity contribution < 1.29 is 14.3 Å². The number of rotatable bonds is 17. The number of unbranched alkanes of at least 4 members (excludes halogenated alkanes) is 8. The smallest absolute Gasteiger partial charge is 0.328 e. The molecule has 7 heteroatoms. The van der Waals surface area contributed by atoms with Crippen molar-refractivity contribution in [1.29, 1.82) is 5.41 Å². The number of nitrogens with one attached hydrogen (secondary N) is 3. The fourth-order valence-electron chi connectivity index (χ4n) is 3.03. The van der Waals surface area contributed by atoms with E-state index in [-0.39, 0.29) is 11.9 Å². The van der Waals surface area contributed by atoms with Crippen LogP contribution >= 0.6 is 0 Å². The summed E-state index contributed by atoms with van der Waals surface area (Å²) in [6, 6.07) is -0.614. The van der Waals surface area contributed by atoms with Crippen LogP contribution in [0.3, 0.4) is 0 Å². The van der Waals surface area contributed by atoms with Gasteiger partial charge in [0.2, 0.25) is 5.91 Å². The number of hydrogen-bond acceptors (Lipinski definition) is 4. The van der Waals surface area contributed by atoms with Gasteiger partial charge in [-0.25, -0.2) is 4.79 Å². The Hall–Kier alpha value is -1.79. The first kappa shape index (κ1) is 27.2. The van der Waals surface area contributed by atoms with Crippen molar-refractivity contribution >= 4 is 17.8 Å². The molecule has 7 nitrogen and oxygen atoms in total. The maximum atomic E-state index is 12.2. The first-order valence-corrected chi connectivity index (χ1v) is 11.4. The standard InChI is InChI=1S/C22H44N4O3/c1-5-7-8-9-10-11-12-13-14-17-20(27)25-19(21(28)29-6-2)16-15-18-24-22(23)26(3)4/h19H,5-18H2,1-4H3,(H2,23,24)(H,25,27). The highest BCUT2D eigenvalue weighted by molar-refractivity contribution is 5.84. The van der Waals surface area contributed by atoms with Gasteiger partial charge < -0.3 is 20.3 Å². The van der Waals surface area contributed by atoms with Gasteiger partial charge in [0.25, 0.3) is 0 Å². The number of amides is 1. The molecule has 29 heavy (non-hydrogen) atoms. The molecule has 0 aliphatic carbocycles. The average Bonchev–Trinajstić information content (AvgIpc) is 2.68. The second-order valence-corrected chi connectivity index (χ2v) is 7.76. The van der Waals surface area contributed by atoms with E-state index in [0.717, 1.165) is 12.8 Å². The van der Waals surface area contributed by atoms with E-state index >= 15 is 0 Å². The second-order valence-electron chi connectivity index (χ2n) is 7.76. The number of carbonyl (C=O) groups is 2. The summed E-state index contributed by atoms with van der Waals surface area (Å²) in [7, 11) is 3.59. The third kappa shape index (κ3) is 15.8. The minimum atomic E-state index is -0.614. The molecule has 0 radical (unpaired) electrons. The molecule has 0 saturated heterocycles. The number of ether oxygens (including phenoxy) is 1. The van der Waals surface area contributed by atoms with Gasteiger partial charge in [-0.3, -0.25) is 10.2 Å². The molecular weight excluding hydrogens is 368 g/mol. The van der Waals surface area contributed by atoms with Crippen LogP contribution in [0.5, 0.6) is 0 Å². The Morgan fingerprint density at radius 2 is 1.52 bits per heavy atom. The minimum absolute atomic E-state index is 0.0833. The van der Waals surface area contributed by atoms with Crippen LogP contribution in [0.25, 0.3) is 0 Å². The number of nitrogens with zero attached hydrogens (tertiary/aromatic N) is 1. The largest absolute Gasteiger partial charge is 0.464 e. The minimum Gasteiger partial charge on any atom is -0.464 e. The van der Waals surface area contributed by atoms with E-state index in [1.165, 1.54) is 44.9 Å². The van der Waals surface area contributed by atoms with Crippen LogP contribution in [0, 0.1) is 5.41 Å². The summed E-state index contributed by atoms with van der Waals surface area (Å²) in [6.07, 6.45) is 12.5. The quantitative estimate of drug-likeness (QED) is 0.146. The van der Waals surface area contributed by atoms with Crippen molar-refractivity contribution in [3.05, 3.63) is 0 Å². The zero-order chi connectivity index (χ0) is 21.9. The maximum Gasteiger partial charge on any atom is 0.328 e. The maximum absolute atomic E-state index is 12.2. The molecule has 0 aromatic rings. The summed E-state index contributed by atoms with van der Waals surface area (Å²) in [5.41, 5.74) is 0. The van der Waals surface area contributed by atoms with Gasteiger partial charge in [-0.05, 0) is 26.2 Å². The lowest BCUT2D eigenvalue weighted by atomic mass is 10.1. The first-order chi connectivity index (χ1) is 13.9. The van der Waals surface area contributed by atoms with E-state index in [1.807, 2.05) is 0 Å². The fraction of sp³-hybridized carbons (Fsp3) is 0.864. The number of esters is 1. The van der Waals surface area contributed by atoms with Crippen molar-refractivity contribution in [2.45, 2.75) is 96.9 Å². The SMILES string of the molecule is CCCCCCCCCCCC(=O)NC(CCCNC(=N)N(C)C)C(=O)OCC. The van der Waals surface area contributed by atoms with Gasteiger partial charge in [-0.1, -0.05) is 58.3 Å². The van der Waals surface area contributed by atoms with Crippen molar-refractivity contribution in [2.24, 2.45) is 0 Å². The molecule has 1 atom stereocenters. The number of guanidine groups is 1. The Labute approximate surface area is 177 Å². The van der Waals surface area contributed by atoms with Crippen molar-refractivity contribution in [1.82, 2.24) is 15.5 Å². The molecule has 0 heterocycles. The summed E-state index contributed by atoms with van der Waals surface area (Å²) in [5.74, 6) is -0.136. The van der Waals surface area contributed by atoms with Gasteiger partial charge in [-0.15, -0.1) is 0 Å². The fourth-order valence-corrected chi connectivity index (χ4v) is 3.03. The Balaban J connectivity index is 4.05. The highest BCUT2D eigenvalue weighted by atomic mass is 16.5. The Morgan fingerprint density at radius 3 is 2.07 bits per heavy atom. The van der Waals surface area contributed by atoms with Gasteiger partial charge in [0.05, 0.1) is 6.61 Å². The summed E-state index contributed by atoms with van der Waals surface area (Å²) in [6.45, 7) is 4.86. The molecule has 0 aliphatic heterocycles. The lowest BCUT2D eigenvalue weighted by Gasteiger charge is -2.19. The third-order valence-electron chi connectivity index (χ3n) is 4.82. The Kier molecular flexibility index (Phi) is 17.1. The second kappa shape index (κ2) is 18.3. The lowest BCUT2D eigenvalue weighted by molar-refractivity contribution is -0.147. The van der Waals surface area contributed by atoms with Crippen LogP contribution in [0.2, 0.25) is 0 Å². The monoisotopic (exact) mass is 412 g/mol. The van der Waals surface area contributed by atoms with Crippen LogP contribution in [-0.2, 0) is 14.3 Å². The predicted molar refractivity (Wildman–Crippen MR) is 119 cm³/mol. The molecule has 1 amide bonds. The first-order valence-electron chi connectivity index (χ1n) is 11.4. The Morgan fingerprint density at radius 1 is 0.931 bits per heavy atom. The summed E-state index contributed by atoms with van der Waals surface area (Å²) in [4.78, 5) is 26.0. The third-order valence-corrected chi connectivity index (χ3v) is 4.82. The van der Waals surface area contributed by atoms with Gasteiger partial charge >= 0.3 is 5.97 Å². The van der Waals surface area contributed by atoms with Gasteiger partial charge in [0.1, 0.15) is 6.04 Å². The van der Waals surface area contributed by atoms with E-state index in [1.54, 1.807) is 25.9 Å². The molecule has 0 aromatic heterocycles. The van der Waals surface area contributed by atoms with E-state index < -0.39 is 6.04 Å². The lowest BCUT2D eigenvalue weighted by Crippen LogP contribution is -2.42. The number of hydrogen-bond donors (Lipinski definition) is 3. The molecule has 0 spiro atoms. The van der Waals surface area contributed by atoms with E-state index in [2.05, 4.69) is 17.6 Å². The molecule has 170 valence electrons. The summed E-state index contributed by atoms with van der Waals surface area (Å²) < 4.78 is 5.09. The normalized spacial score (nSPS) is 11.6. The zero-order valence-electron chi connectivity index (χ0n) is 19.1. The molecular formula is C22H44N4O3. The Bertz CT molecular complexity index is 455. The van der Waals surface area contributed by atoms with Crippen molar-refractivity contribution in [2.75, 3.05) is 27.2 Å². The molecule has 0 fully saturated rings. The average molecular weight is 413 g/mol. The molecule has 0 rings (SSSR count). The zero-order valence-corrected chi connectivity index (χ0v) is 19.1. The van der Waals surface area contributed by atoms with Crippen LogP contribution in [0.4, 0.5) is 0 Å².